The number of halogens is 1. The number of aliphatic hydroxyl groups is 1. The molecule has 7 rings (SSSR count). The highest BCUT2D eigenvalue weighted by atomic mass is 28.4. The minimum atomic E-state index is -3.42. The Kier molecular flexibility index (Phi) is 7.69. The van der Waals surface area contributed by atoms with Crippen molar-refractivity contribution in [3.8, 4) is 11.5 Å². The molecule has 0 unspecified atom stereocenters. The van der Waals surface area contributed by atoms with E-state index in [1.165, 1.54) is 17.0 Å². The topological polar surface area (TPSA) is 122 Å². The van der Waals surface area contributed by atoms with E-state index < -0.39 is 42.4 Å². The molecule has 4 aromatic carbocycles. The molecule has 0 aromatic heterocycles. The normalized spacial score (nSPS) is 23.1. The van der Waals surface area contributed by atoms with E-state index >= 15 is 4.11 Å². The number of benzene rings is 4. The Morgan fingerprint density at radius 2 is 1.65 bits per heavy atom. The summed E-state index contributed by atoms with van der Waals surface area (Å²) in [5.41, 5.74) is 0.644. The summed E-state index contributed by atoms with van der Waals surface area (Å²) in [6, 6.07) is 25.8. The third-order valence-electron chi connectivity index (χ3n) is 9.75. The van der Waals surface area contributed by atoms with Crippen LogP contribution >= 0.6 is 0 Å². The zero-order valence-electron chi connectivity index (χ0n) is 26.6. The highest BCUT2D eigenvalue weighted by Crippen LogP contribution is 2.60. The molecule has 3 heterocycles. The largest absolute Gasteiger partial charge is 0.454 e. The van der Waals surface area contributed by atoms with E-state index in [0.29, 0.717) is 39.7 Å². The second-order valence-corrected chi connectivity index (χ2v) is 16.8. The number of rotatable bonds is 7. The average Bonchev–Trinajstić information content (AvgIpc) is 3.43. The van der Waals surface area contributed by atoms with Crippen LogP contribution in [0, 0.1) is 16.0 Å². The van der Waals surface area contributed by atoms with E-state index in [9.17, 15) is 24.8 Å². The maximum absolute atomic E-state index is 15.8. The maximum atomic E-state index is 15.8. The van der Waals surface area contributed by atoms with Gasteiger partial charge in [0.2, 0.25) is 8.41 Å². The maximum Gasteiger partial charge on any atom is 0.269 e. The van der Waals surface area contributed by atoms with Crippen LogP contribution in [-0.4, -0.2) is 43.0 Å². The van der Waals surface area contributed by atoms with Crippen LogP contribution in [0.1, 0.15) is 34.8 Å². The lowest BCUT2D eigenvalue weighted by Crippen LogP contribution is -2.45. The summed E-state index contributed by atoms with van der Waals surface area (Å²) in [4.78, 5) is 42.8. The lowest BCUT2D eigenvalue weighted by molar-refractivity contribution is -0.385. The zero-order chi connectivity index (χ0) is 34.0. The van der Waals surface area contributed by atoms with Crippen molar-refractivity contribution in [1.29, 1.82) is 0 Å². The standard InChI is InChI=1S/C36H34FN3O7Si/c1-22-33(48(2,3)37)32(18-19-41)47-36(22)27-20-25(40(44)45)16-17-28(27)38(35(36)43)21-23-12-14-24(15-13-23)39-29-9-5-7-11-31(29)46-30-10-6-4-8-26(30)34(39)42/h4-17,20,22,32-33,41H,18-19,21H2,1-3H3/t22-,32+,33-,36+/m1/s1. The fraction of sp³-hybridized carbons (Fsp3) is 0.278. The van der Waals surface area contributed by atoms with Crippen molar-refractivity contribution in [3.05, 3.63) is 118 Å². The molecule has 4 atom stereocenters. The van der Waals surface area contributed by atoms with Crippen LogP contribution in [0.4, 0.5) is 26.9 Å². The number of non-ortho nitro benzene ring substituents is 1. The zero-order valence-corrected chi connectivity index (χ0v) is 27.6. The van der Waals surface area contributed by atoms with Crippen molar-refractivity contribution >= 4 is 43.0 Å². The van der Waals surface area contributed by atoms with Crippen LogP contribution in [0.25, 0.3) is 0 Å². The second-order valence-electron chi connectivity index (χ2n) is 13.0. The lowest BCUT2D eigenvalue weighted by atomic mass is 9.82. The van der Waals surface area contributed by atoms with E-state index in [1.54, 1.807) is 67.4 Å². The number of aliphatic hydroxyl groups excluding tert-OH is 1. The first-order valence-corrected chi connectivity index (χ1v) is 18.8. The van der Waals surface area contributed by atoms with E-state index in [4.69, 9.17) is 9.47 Å². The SMILES string of the molecule is C[C@@H]1[C@@H]([Si](C)(C)F)[C@H](CCO)O[C@@]12C(=O)N(Cc1ccc(N3C(=O)c4ccccc4Oc4ccccc43)cc1)c1ccc([N+](=O)[O-])cc12. The minimum Gasteiger partial charge on any atom is -0.454 e. The first-order chi connectivity index (χ1) is 23.0. The number of hydrogen-bond acceptors (Lipinski definition) is 7. The molecule has 0 radical (unpaired) electrons. The molecular weight excluding hydrogens is 633 g/mol. The first kappa shape index (κ1) is 31.7. The Labute approximate surface area is 277 Å². The molecule has 3 aliphatic rings. The van der Waals surface area contributed by atoms with Crippen molar-refractivity contribution in [2.75, 3.05) is 16.4 Å². The van der Waals surface area contributed by atoms with Crippen LogP contribution in [0.5, 0.6) is 11.5 Å². The van der Waals surface area contributed by atoms with Gasteiger partial charge in [-0.05, 0) is 67.5 Å². The summed E-state index contributed by atoms with van der Waals surface area (Å²) >= 11 is 0. The molecule has 1 N–H and O–H groups in total. The van der Waals surface area contributed by atoms with Crippen LogP contribution in [0.15, 0.2) is 91.0 Å². The van der Waals surface area contributed by atoms with Gasteiger partial charge < -0.3 is 23.6 Å². The molecule has 12 heteroatoms. The fourth-order valence-electron chi connectivity index (χ4n) is 7.70. The molecular formula is C36H34FN3O7Si. The number of amides is 2. The predicted molar refractivity (Wildman–Crippen MR) is 180 cm³/mol. The average molecular weight is 668 g/mol. The number of nitro benzene ring substituents is 1. The van der Waals surface area contributed by atoms with Gasteiger partial charge in [-0.3, -0.25) is 24.6 Å². The van der Waals surface area contributed by atoms with Crippen molar-refractivity contribution in [1.82, 2.24) is 0 Å². The van der Waals surface area contributed by atoms with Crippen LogP contribution in [-0.2, 0) is 21.7 Å². The Morgan fingerprint density at radius 3 is 2.33 bits per heavy atom. The molecule has 246 valence electrons. The van der Waals surface area contributed by atoms with Crippen molar-refractivity contribution < 1.29 is 33.2 Å². The van der Waals surface area contributed by atoms with Crippen LogP contribution < -0.4 is 14.5 Å². The van der Waals surface area contributed by atoms with E-state index in [2.05, 4.69) is 0 Å². The van der Waals surface area contributed by atoms with Gasteiger partial charge in [0.25, 0.3) is 17.5 Å². The third kappa shape index (κ3) is 4.90. The quantitative estimate of drug-likeness (QED) is 0.0944. The lowest BCUT2D eigenvalue weighted by Gasteiger charge is -2.31. The number of nitro groups is 1. The number of para-hydroxylation sites is 3. The summed E-state index contributed by atoms with van der Waals surface area (Å²) in [5.74, 6) is -0.333. The fourth-order valence-corrected chi connectivity index (χ4v) is 10.2. The first-order valence-electron chi connectivity index (χ1n) is 15.8. The van der Waals surface area contributed by atoms with Gasteiger partial charge in [-0.15, -0.1) is 0 Å². The second kappa shape index (κ2) is 11.7. The van der Waals surface area contributed by atoms with Gasteiger partial charge in [-0.2, -0.15) is 0 Å². The van der Waals surface area contributed by atoms with Crippen LogP contribution in [0.3, 0.4) is 0 Å². The Hall–Kier alpha value is -4.91. The van der Waals surface area contributed by atoms with Gasteiger partial charge in [0.1, 0.15) is 5.75 Å². The van der Waals surface area contributed by atoms with Gasteiger partial charge in [0, 0.05) is 41.4 Å². The summed E-state index contributed by atoms with van der Waals surface area (Å²) in [6.45, 7) is 4.75. The number of carbonyl (C=O) groups excluding carboxylic acids is 2. The predicted octanol–water partition coefficient (Wildman–Crippen LogP) is 7.38. The smallest absolute Gasteiger partial charge is 0.269 e. The molecule has 0 aliphatic carbocycles. The Morgan fingerprint density at radius 1 is 0.958 bits per heavy atom. The van der Waals surface area contributed by atoms with Gasteiger partial charge >= 0.3 is 0 Å². The molecule has 48 heavy (non-hydrogen) atoms. The van der Waals surface area contributed by atoms with E-state index in [-0.39, 0.29) is 31.2 Å². The molecule has 0 saturated carbocycles. The number of hydrogen-bond donors (Lipinski definition) is 1. The number of anilines is 3. The molecule has 1 saturated heterocycles. The van der Waals surface area contributed by atoms with Crippen molar-refractivity contribution in [3.63, 3.8) is 0 Å². The van der Waals surface area contributed by atoms with Gasteiger partial charge in [-0.1, -0.05) is 43.3 Å². The molecule has 0 bridgehead atoms. The van der Waals surface area contributed by atoms with Crippen molar-refractivity contribution in [2.24, 2.45) is 5.92 Å². The molecule has 3 aliphatic heterocycles. The molecule has 2 amide bonds. The molecule has 1 spiro atoms. The Balaban J connectivity index is 1.25. The molecule has 10 nitrogen and oxygen atoms in total. The monoisotopic (exact) mass is 667 g/mol. The highest BCUT2D eigenvalue weighted by Gasteiger charge is 2.66. The number of nitrogens with zero attached hydrogens (tertiary/aromatic N) is 3. The molecule has 4 aromatic rings. The third-order valence-corrected chi connectivity index (χ3v) is 12.2. The summed E-state index contributed by atoms with van der Waals surface area (Å²) in [5, 5.41) is 21.6. The summed E-state index contributed by atoms with van der Waals surface area (Å²) < 4.78 is 28.4. The highest BCUT2D eigenvalue weighted by molar-refractivity contribution is 6.72. The number of fused-ring (bicyclic) bond motifs is 4. The van der Waals surface area contributed by atoms with Gasteiger partial charge in [0.05, 0.1) is 34.5 Å². The number of carbonyl (C=O) groups is 2. The van der Waals surface area contributed by atoms with Gasteiger partial charge in [-0.25, -0.2) is 0 Å². The van der Waals surface area contributed by atoms with E-state index in [1.807, 2.05) is 36.4 Å². The minimum absolute atomic E-state index is 0.101. The Bertz CT molecular complexity index is 1950. The van der Waals surface area contributed by atoms with E-state index in [0.717, 1.165) is 5.56 Å². The number of ether oxygens (including phenoxy) is 2. The van der Waals surface area contributed by atoms with Crippen LogP contribution in [0.2, 0.25) is 18.6 Å². The molecule has 1 fully saturated rings. The van der Waals surface area contributed by atoms with Gasteiger partial charge in [0.15, 0.2) is 11.4 Å². The summed E-state index contributed by atoms with van der Waals surface area (Å²) in [7, 11) is -3.42. The summed E-state index contributed by atoms with van der Waals surface area (Å²) in [6.07, 6.45) is -0.584. The van der Waals surface area contributed by atoms with Crippen molar-refractivity contribution in [2.45, 2.75) is 50.2 Å².